The quantitative estimate of drug-likeness (QED) is 0.842. The Hall–Kier alpha value is -1.58. The number of nitrogen functional groups attached to an aromatic ring is 1. The van der Waals surface area contributed by atoms with Crippen LogP contribution in [0.4, 0.5) is 5.69 Å². The minimum Gasteiger partial charge on any atom is -0.399 e. The molecule has 1 rings (SSSR count). The van der Waals surface area contributed by atoms with E-state index in [1.807, 2.05) is 6.92 Å². The standard InChI is InChI=1S/C14H21N3O2S/c1-5-17(9-10(2)8-15)20(18,19)14-7-13(16)6-11(3)12(14)4/h6-7,10H,5,9,16H2,1-4H3. The van der Waals surface area contributed by atoms with E-state index in [-0.39, 0.29) is 17.4 Å². The van der Waals surface area contributed by atoms with E-state index in [0.717, 1.165) is 5.56 Å². The van der Waals surface area contributed by atoms with Crippen molar-refractivity contribution in [2.75, 3.05) is 18.8 Å². The van der Waals surface area contributed by atoms with E-state index in [1.165, 1.54) is 10.4 Å². The van der Waals surface area contributed by atoms with Crippen LogP contribution < -0.4 is 5.73 Å². The smallest absolute Gasteiger partial charge is 0.243 e. The molecular formula is C14H21N3O2S. The summed E-state index contributed by atoms with van der Waals surface area (Å²) in [6.45, 7) is 7.57. The van der Waals surface area contributed by atoms with Gasteiger partial charge in [0.05, 0.1) is 16.9 Å². The Morgan fingerprint density at radius 1 is 1.40 bits per heavy atom. The molecule has 2 N–H and O–H groups in total. The van der Waals surface area contributed by atoms with Gasteiger partial charge in [-0.2, -0.15) is 9.57 Å². The van der Waals surface area contributed by atoms with Crippen molar-refractivity contribution in [3.05, 3.63) is 23.3 Å². The lowest BCUT2D eigenvalue weighted by Gasteiger charge is -2.23. The van der Waals surface area contributed by atoms with Crippen LogP contribution >= 0.6 is 0 Å². The topological polar surface area (TPSA) is 87.2 Å². The first-order valence-electron chi connectivity index (χ1n) is 6.50. The summed E-state index contributed by atoms with van der Waals surface area (Å²) < 4.78 is 26.7. The molecular weight excluding hydrogens is 274 g/mol. The van der Waals surface area contributed by atoms with Crippen molar-refractivity contribution in [3.8, 4) is 6.07 Å². The van der Waals surface area contributed by atoms with Gasteiger partial charge in [-0.25, -0.2) is 8.42 Å². The van der Waals surface area contributed by atoms with Gasteiger partial charge >= 0.3 is 0 Å². The number of anilines is 1. The van der Waals surface area contributed by atoms with Gasteiger partial charge in [0.1, 0.15) is 0 Å². The summed E-state index contributed by atoms with van der Waals surface area (Å²) in [7, 11) is -3.63. The van der Waals surface area contributed by atoms with Gasteiger partial charge in [-0.15, -0.1) is 0 Å². The van der Waals surface area contributed by atoms with Crippen LogP contribution in [0.5, 0.6) is 0 Å². The number of nitrogens with zero attached hydrogens (tertiary/aromatic N) is 2. The molecule has 1 atom stereocenters. The summed E-state index contributed by atoms with van der Waals surface area (Å²) >= 11 is 0. The third-order valence-corrected chi connectivity index (χ3v) is 5.38. The third-order valence-electron chi connectivity index (χ3n) is 3.31. The number of hydrogen-bond donors (Lipinski definition) is 1. The zero-order chi connectivity index (χ0) is 15.5. The third kappa shape index (κ3) is 3.30. The Kier molecular flexibility index (Phi) is 5.15. The molecule has 0 aliphatic heterocycles. The molecule has 0 heterocycles. The molecule has 0 aliphatic rings. The molecule has 110 valence electrons. The van der Waals surface area contributed by atoms with Crippen LogP contribution in [0.25, 0.3) is 0 Å². The van der Waals surface area contributed by atoms with Gasteiger partial charge in [-0.3, -0.25) is 0 Å². The Balaban J connectivity index is 3.32. The molecule has 0 spiro atoms. The Morgan fingerprint density at radius 3 is 2.50 bits per heavy atom. The molecule has 0 saturated carbocycles. The van der Waals surface area contributed by atoms with Crippen molar-refractivity contribution >= 4 is 15.7 Å². The second-order valence-corrected chi connectivity index (χ2v) is 6.85. The van der Waals surface area contributed by atoms with Crippen LogP contribution in [0.2, 0.25) is 0 Å². The van der Waals surface area contributed by atoms with Crippen molar-refractivity contribution in [3.63, 3.8) is 0 Å². The molecule has 1 unspecified atom stereocenters. The van der Waals surface area contributed by atoms with E-state index < -0.39 is 10.0 Å². The van der Waals surface area contributed by atoms with Gasteiger partial charge in [-0.05, 0) is 44.0 Å². The van der Waals surface area contributed by atoms with Crippen LogP contribution in [0.3, 0.4) is 0 Å². The van der Waals surface area contributed by atoms with Crippen molar-refractivity contribution < 1.29 is 8.42 Å². The molecule has 1 aromatic rings. The summed E-state index contributed by atoms with van der Waals surface area (Å²) in [5.41, 5.74) is 7.72. The molecule has 0 aliphatic carbocycles. The predicted octanol–water partition coefficient (Wildman–Crippen LogP) is 2.06. The molecule has 0 radical (unpaired) electrons. The predicted molar refractivity (Wildman–Crippen MR) is 79.5 cm³/mol. The molecule has 0 fully saturated rings. The van der Waals surface area contributed by atoms with Crippen molar-refractivity contribution in [1.82, 2.24) is 4.31 Å². The highest BCUT2D eigenvalue weighted by molar-refractivity contribution is 7.89. The van der Waals surface area contributed by atoms with E-state index in [9.17, 15) is 8.42 Å². The Labute approximate surface area is 121 Å². The largest absolute Gasteiger partial charge is 0.399 e. The summed E-state index contributed by atoms with van der Waals surface area (Å²) in [4.78, 5) is 0.224. The number of aryl methyl sites for hydroxylation is 1. The fourth-order valence-electron chi connectivity index (χ4n) is 2.00. The average Bonchev–Trinajstić information content (AvgIpc) is 2.39. The van der Waals surface area contributed by atoms with Crippen LogP contribution in [-0.2, 0) is 10.0 Å². The van der Waals surface area contributed by atoms with Crippen LogP contribution in [-0.4, -0.2) is 25.8 Å². The van der Waals surface area contributed by atoms with E-state index >= 15 is 0 Å². The number of hydrogen-bond acceptors (Lipinski definition) is 4. The number of rotatable bonds is 5. The van der Waals surface area contributed by atoms with Crippen molar-refractivity contribution in [1.29, 1.82) is 5.26 Å². The molecule has 5 nitrogen and oxygen atoms in total. The maximum Gasteiger partial charge on any atom is 0.243 e. The monoisotopic (exact) mass is 295 g/mol. The summed E-state index contributed by atoms with van der Waals surface area (Å²) in [6.07, 6.45) is 0. The number of benzene rings is 1. The van der Waals surface area contributed by atoms with E-state index in [0.29, 0.717) is 17.8 Å². The minimum atomic E-state index is -3.63. The normalized spacial score (nSPS) is 13.2. The van der Waals surface area contributed by atoms with Gasteiger partial charge in [-0.1, -0.05) is 6.92 Å². The van der Waals surface area contributed by atoms with E-state index in [4.69, 9.17) is 11.0 Å². The summed E-state index contributed by atoms with van der Waals surface area (Å²) in [5, 5.41) is 8.87. The molecule has 20 heavy (non-hydrogen) atoms. The zero-order valence-corrected chi connectivity index (χ0v) is 13.2. The van der Waals surface area contributed by atoms with Crippen LogP contribution in [0.15, 0.2) is 17.0 Å². The van der Waals surface area contributed by atoms with Crippen LogP contribution in [0, 0.1) is 31.1 Å². The molecule has 0 aromatic heterocycles. The van der Waals surface area contributed by atoms with Crippen molar-refractivity contribution in [2.45, 2.75) is 32.6 Å². The number of nitriles is 1. The molecule has 0 amide bonds. The van der Waals surface area contributed by atoms with Gasteiger partial charge < -0.3 is 5.73 Å². The van der Waals surface area contributed by atoms with Crippen LogP contribution in [0.1, 0.15) is 25.0 Å². The summed E-state index contributed by atoms with van der Waals surface area (Å²) in [6, 6.07) is 5.30. The van der Waals surface area contributed by atoms with Crippen molar-refractivity contribution in [2.24, 2.45) is 5.92 Å². The second kappa shape index (κ2) is 6.25. The zero-order valence-electron chi connectivity index (χ0n) is 12.3. The molecule has 1 aromatic carbocycles. The Bertz CT molecular complexity index is 633. The van der Waals surface area contributed by atoms with E-state index in [1.54, 1.807) is 26.8 Å². The van der Waals surface area contributed by atoms with E-state index in [2.05, 4.69) is 6.07 Å². The lowest BCUT2D eigenvalue weighted by molar-refractivity contribution is 0.399. The maximum absolute atomic E-state index is 12.7. The SMILES string of the molecule is CCN(CC(C)C#N)S(=O)(=O)c1cc(N)cc(C)c1C. The highest BCUT2D eigenvalue weighted by Gasteiger charge is 2.27. The van der Waals surface area contributed by atoms with Gasteiger partial charge in [0.2, 0.25) is 10.0 Å². The first kappa shape index (κ1) is 16.5. The lowest BCUT2D eigenvalue weighted by Crippen LogP contribution is -2.34. The second-order valence-electron chi connectivity index (χ2n) is 4.95. The van der Waals surface area contributed by atoms with Gasteiger partial charge in [0.25, 0.3) is 0 Å². The minimum absolute atomic E-state index is 0.183. The van der Waals surface area contributed by atoms with Gasteiger partial charge in [0.15, 0.2) is 0 Å². The highest BCUT2D eigenvalue weighted by Crippen LogP contribution is 2.25. The number of sulfonamides is 1. The summed E-state index contributed by atoms with van der Waals surface area (Å²) in [5.74, 6) is -0.354. The first-order valence-corrected chi connectivity index (χ1v) is 7.94. The Morgan fingerprint density at radius 2 is 2.00 bits per heavy atom. The first-order chi connectivity index (χ1) is 9.23. The molecule has 0 bridgehead atoms. The lowest BCUT2D eigenvalue weighted by atomic mass is 10.1. The molecule has 6 heteroatoms. The van der Waals surface area contributed by atoms with Gasteiger partial charge in [0, 0.05) is 18.8 Å². The fraction of sp³-hybridized carbons (Fsp3) is 0.500. The average molecular weight is 295 g/mol. The highest BCUT2D eigenvalue weighted by atomic mass is 32.2. The fourth-order valence-corrected chi connectivity index (χ4v) is 3.88. The molecule has 0 saturated heterocycles. The maximum atomic E-state index is 12.7. The number of nitrogens with two attached hydrogens (primary N) is 1.